The van der Waals surface area contributed by atoms with Gasteiger partial charge in [-0.25, -0.2) is 13.2 Å². The summed E-state index contributed by atoms with van der Waals surface area (Å²) in [4.78, 5) is 23.8. The number of amides is 1. The Morgan fingerprint density at radius 1 is 0.960 bits per heavy atom. The van der Waals surface area contributed by atoms with Crippen molar-refractivity contribution < 1.29 is 22.7 Å². The number of anilines is 1. The molecule has 0 heterocycles. The average Bonchev–Trinajstić information content (AvgIpc) is 2.55. The molecule has 1 N–H and O–H groups in total. The third-order valence-corrected chi connectivity index (χ3v) is 4.16. The number of hydrogen-bond donors (Lipinski definition) is 1. The van der Waals surface area contributed by atoms with Crippen LogP contribution >= 0.6 is 0 Å². The van der Waals surface area contributed by atoms with E-state index in [4.69, 9.17) is 4.74 Å². The molecule has 0 radical (unpaired) electrons. The predicted octanol–water partition coefficient (Wildman–Crippen LogP) is 2.66. The minimum Gasteiger partial charge on any atom is -0.462 e. The summed E-state index contributed by atoms with van der Waals surface area (Å²) in [6.45, 7) is 2.03. The van der Waals surface area contributed by atoms with Crippen LogP contribution in [0.1, 0.15) is 33.2 Å². The van der Waals surface area contributed by atoms with Gasteiger partial charge in [0.05, 0.1) is 17.9 Å². The lowest BCUT2D eigenvalue weighted by atomic mass is 10.1. The average molecular weight is 361 g/mol. The normalized spacial score (nSPS) is 11.0. The SMILES string of the molecule is CCOC(=O)c1ccc(NC(=O)c2ccc(CS(C)(=O)=O)cc2)cc1. The Balaban J connectivity index is 2.03. The van der Waals surface area contributed by atoms with Crippen molar-refractivity contribution in [1.82, 2.24) is 0 Å². The van der Waals surface area contributed by atoms with E-state index in [1.54, 1.807) is 55.5 Å². The van der Waals surface area contributed by atoms with Gasteiger partial charge in [-0.15, -0.1) is 0 Å². The molecule has 2 rings (SSSR count). The summed E-state index contributed by atoms with van der Waals surface area (Å²) in [6.07, 6.45) is 1.16. The van der Waals surface area contributed by atoms with E-state index in [0.29, 0.717) is 29.0 Å². The zero-order valence-corrected chi connectivity index (χ0v) is 14.8. The summed E-state index contributed by atoms with van der Waals surface area (Å²) in [5.74, 6) is -0.804. The zero-order chi connectivity index (χ0) is 18.4. The van der Waals surface area contributed by atoms with Crippen molar-refractivity contribution >= 4 is 27.4 Å². The Labute approximate surface area is 146 Å². The van der Waals surface area contributed by atoms with Crippen LogP contribution in [0.2, 0.25) is 0 Å². The number of benzene rings is 2. The summed E-state index contributed by atoms with van der Waals surface area (Å²) < 4.78 is 27.4. The number of rotatable bonds is 6. The Bertz CT molecular complexity index is 855. The minimum atomic E-state index is -3.11. The van der Waals surface area contributed by atoms with Crippen LogP contribution in [0.5, 0.6) is 0 Å². The van der Waals surface area contributed by atoms with E-state index in [2.05, 4.69) is 5.32 Å². The molecule has 2 aromatic carbocycles. The molecule has 0 aliphatic carbocycles. The van der Waals surface area contributed by atoms with Gasteiger partial charge in [0.25, 0.3) is 5.91 Å². The first-order valence-corrected chi connectivity index (χ1v) is 9.70. The van der Waals surface area contributed by atoms with Gasteiger partial charge in [-0.2, -0.15) is 0 Å². The first-order valence-electron chi connectivity index (χ1n) is 7.63. The Morgan fingerprint density at radius 2 is 1.52 bits per heavy atom. The number of hydrogen-bond acceptors (Lipinski definition) is 5. The van der Waals surface area contributed by atoms with Gasteiger partial charge in [0.2, 0.25) is 0 Å². The summed E-state index contributed by atoms with van der Waals surface area (Å²) in [5, 5.41) is 2.71. The highest BCUT2D eigenvalue weighted by Gasteiger charge is 2.10. The largest absolute Gasteiger partial charge is 0.462 e. The standard InChI is InChI=1S/C18H19NO5S/c1-3-24-18(21)15-8-10-16(11-9-15)19-17(20)14-6-4-13(5-7-14)12-25(2,22)23/h4-11H,3,12H2,1-2H3,(H,19,20). The number of carbonyl (C=O) groups is 2. The molecule has 6 nitrogen and oxygen atoms in total. The first-order chi connectivity index (χ1) is 11.8. The summed E-state index contributed by atoms with van der Waals surface area (Å²) in [7, 11) is -3.11. The second kappa shape index (κ2) is 7.94. The second-order valence-corrected chi connectivity index (χ2v) is 7.66. The van der Waals surface area contributed by atoms with Crippen LogP contribution in [0, 0.1) is 0 Å². The number of carbonyl (C=O) groups excluding carboxylic acids is 2. The summed E-state index contributed by atoms with van der Waals surface area (Å²) in [5.41, 5.74) is 1.98. The van der Waals surface area contributed by atoms with Crippen molar-refractivity contribution in [1.29, 1.82) is 0 Å². The lowest BCUT2D eigenvalue weighted by molar-refractivity contribution is 0.0526. The highest BCUT2D eigenvalue weighted by Crippen LogP contribution is 2.13. The summed E-state index contributed by atoms with van der Waals surface area (Å²) >= 11 is 0. The molecule has 25 heavy (non-hydrogen) atoms. The van der Waals surface area contributed by atoms with Crippen molar-refractivity contribution in [2.75, 3.05) is 18.2 Å². The highest BCUT2D eigenvalue weighted by molar-refractivity contribution is 7.89. The molecule has 7 heteroatoms. The quantitative estimate of drug-likeness (QED) is 0.799. The molecular formula is C18H19NO5S. The smallest absolute Gasteiger partial charge is 0.338 e. The molecule has 1 amide bonds. The lowest BCUT2D eigenvalue weighted by Gasteiger charge is -2.07. The Morgan fingerprint density at radius 3 is 2.04 bits per heavy atom. The number of nitrogens with one attached hydrogen (secondary N) is 1. The second-order valence-electron chi connectivity index (χ2n) is 5.52. The number of sulfone groups is 1. The van der Waals surface area contributed by atoms with Crippen molar-refractivity contribution in [2.24, 2.45) is 0 Å². The number of ether oxygens (including phenoxy) is 1. The maximum atomic E-state index is 12.2. The van der Waals surface area contributed by atoms with E-state index in [1.165, 1.54) is 0 Å². The molecule has 2 aromatic rings. The number of esters is 1. The third-order valence-electron chi connectivity index (χ3n) is 3.30. The maximum Gasteiger partial charge on any atom is 0.338 e. The molecule has 0 unspecified atom stereocenters. The van der Waals surface area contributed by atoms with E-state index in [9.17, 15) is 18.0 Å². The molecule has 0 saturated carbocycles. The van der Waals surface area contributed by atoms with Crippen molar-refractivity contribution in [3.05, 3.63) is 65.2 Å². The van der Waals surface area contributed by atoms with Gasteiger partial charge >= 0.3 is 5.97 Å². The Hall–Kier alpha value is -2.67. The lowest BCUT2D eigenvalue weighted by Crippen LogP contribution is -2.12. The predicted molar refractivity (Wildman–Crippen MR) is 95.3 cm³/mol. The van der Waals surface area contributed by atoms with E-state index >= 15 is 0 Å². The fourth-order valence-electron chi connectivity index (χ4n) is 2.16. The van der Waals surface area contributed by atoms with Crippen LogP contribution in [0.25, 0.3) is 0 Å². The molecule has 0 fully saturated rings. The van der Waals surface area contributed by atoms with Gasteiger partial charge in [0.15, 0.2) is 9.84 Å². The van der Waals surface area contributed by atoms with Gasteiger partial charge < -0.3 is 10.1 Å². The van der Waals surface area contributed by atoms with Gasteiger partial charge in [0.1, 0.15) is 0 Å². The maximum absolute atomic E-state index is 12.2. The van der Waals surface area contributed by atoms with E-state index < -0.39 is 15.8 Å². The van der Waals surface area contributed by atoms with Crippen LogP contribution in [0.3, 0.4) is 0 Å². The van der Waals surface area contributed by atoms with Gasteiger partial charge in [-0.05, 0) is 48.9 Å². The van der Waals surface area contributed by atoms with Gasteiger partial charge in [-0.1, -0.05) is 12.1 Å². The molecule has 0 aliphatic rings. The van der Waals surface area contributed by atoms with Crippen LogP contribution < -0.4 is 5.32 Å². The first kappa shape index (κ1) is 18.7. The third kappa shape index (κ3) is 5.72. The van der Waals surface area contributed by atoms with Crippen molar-refractivity contribution in [3.63, 3.8) is 0 Å². The molecule has 0 spiro atoms. The highest BCUT2D eigenvalue weighted by atomic mass is 32.2. The molecular weight excluding hydrogens is 342 g/mol. The fraction of sp³-hybridized carbons (Fsp3) is 0.222. The van der Waals surface area contributed by atoms with Gasteiger partial charge in [0, 0.05) is 17.5 Å². The molecule has 132 valence electrons. The van der Waals surface area contributed by atoms with Crippen LogP contribution in [0.4, 0.5) is 5.69 Å². The molecule has 0 aromatic heterocycles. The van der Waals surface area contributed by atoms with Gasteiger partial charge in [-0.3, -0.25) is 4.79 Å². The van der Waals surface area contributed by atoms with Crippen LogP contribution in [-0.2, 0) is 20.3 Å². The Kier molecular flexibility index (Phi) is 5.93. The van der Waals surface area contributed by atoms with Crippen molar-refractivity contribution in [3.8, 4) is 0 Å². The van der Waals surface area contributed by atoms with E-state index in [1.807, 2.05) is 0 Å². The van der Waals surface area contributed by atoms with Crippen LogP contribution in [-0.4, -0.2) is 33.2 Å². The zero-order valence-electron chi connectivity index (χ0n) is 14.0. The molecule has 0 atom stereocenters. The molecule has 0 saturated heterocycles. The molecule has 0 aliphatic heterocycles. The van der Waals surface area contributed by atoms with E-state index in [0.717, 1.165) is 6.26 Å². The van der Waals surface area contributed by atoms with E-state index in [-0.39, 0.29) is 11.7 Å². The van der Waals surface area contributed by atoms with Crippen molar-refractivity contribution in [2.45, 2.75) is 12.7 Å². The topological polar surface area (TPSA) is 89.5 Å². The van der Waals surface area contributed by atoms with Crippen LogP contribution in [0.15, 0.2) is 48.5 Å². The minimum absolute atomic E-state index is 0.0653. The molecule has 0 bridgehead atoms. The monoisotopic (exact) mass is 361 g/mol. The summed E-state index contributed by atoms with van der Waals surface area (Å²) in [6, 6.07) is 12.7. The fourth-order valence-corrected chi connectivity index (χ4v) is 2.96.